The van der Waals surface area contributed by atoms with Crippen LogP contribution in [-0.4, -0.2) is 37.7 Å². The van der Waals surface area contributed by atoms with E-state index >= 15 is 0 Å². The van der Waals surface area contributed by atoms with Gasteiger partial charge in [0.25, 0.3) is 5.91 Å². The maximum atomic E-state index is 12.1. The van der Waals surface area contributed by atoms with E-state index in [2.05, 4.69) is 5.32 Å². The van der Waals surface area contributed by atoms with E-state index in [0.717, 1.165) is 31.6 Å². The first kappa shape index (κ1) is 12.9. The minimum atomic E-state index is -0.210. The van der Waals surface area contributed by atoms with Crippen LogP contribution in [0, 0.1) is 0 Å². The number of carbonyl (C=O) groups excluding carboxylic acids is 1. The molecule has 2 saturated heterocycles. The van der Waals surface area contributed by atoms with E-state index in [9.17, 15) is 4.79 Å². The monoisotopic (exact) mass is 280 g/mol. The number of benzene rings is 1. The van der Waals surface area contributed by atoms with Crippen LogP contribution in [0.15, 0.2) is 24.3 Å². The van der Waals surface area contributed by atoms with Crippen LogP contribution in [-0.2, 0) is 9.53 Å². The van der Waals surface area contributed by atoms with Crippen molar-refractivity contribution in [1.29, 1.82) is 0 Å². The highest BCUT2D eigenvalue weighted by atomic mass is 35.5. The summed E-state index contributed by atoms with van der Waals surface area (Å²) in [5, 5.41) is 3.94. The highest BCUT2D eigenvalue weighted by Crippen LogP contribution is 2.33. The summed E-state index contributed by atoms with van der Waals surface area (Å²) in [5.74, 6) is -0.0164. The molecule has 5 heteroatoms. The molecule has 0 bridgehead atoms. The lowest BCUT2D eigenvalue weighted by atomic mass is 9.90. The van der Waals surface area contributed by atoms with Crippen LogP contribution in [0.1, 0.15) is 12.8 Å². The SMILES string of the molecule is O=C1COC2(CCNCC2)CN1c1ccccc1Cl. The van der Waals surface area contributed by atoms with Crippen LogP contribution in [0.25, 0.3) is 0 Å². The van der Waals surface area contributed by atoms with Crippen molar-refractivity contribution in [1.82, 2.24) is 5.32 Å². The molecule has 1 aromatic carbocycles. The fourth-order valence-electron chi connectivity index (χ4n) is 2.79. The summed E-state index contributed by atoms with van der Waals surface area (Å²) in [5.41, 5.74) is 0.577. The quantitative estimate of drug-likeness (QED) is 0.853. The van der Waals surface area contributed by atoms with Gasteiger partial charge < -0.3 is 15.0 Å². The van der Waals surface area contributed by atoms with E-state index in [1.165, 1.54) is 0 Å². The Morgan fingerprint density at radius 3 is 2.74 bits per heavy atom. The molecule has 102 valence electrons. The number of amides is 1. The number of hydrogen-bond donors (Lipinski definition) is 1. The topological polar surface area (TPSA) is 41.6 Å². The molecule has 4 nitrogen and oxygen atoms in total. The maximum absolute atomic E-state index is 12.1. The average Bonchev–Trinajstić information content (AvgIpc) is 2.44. The largest absolute Gasteiger partial charge is 0.363 e. The normalized spacial score (nSPS) is 22.8. The van der Waals surface area contributed by atoms with Gasteiger partial charge in [-0.15, -0.1) is 0 Å². The Balaban J connectivity index is 1.87. The van der Waals surface area contributed by atoms with Gasteiger partial charge in [0.15, 0.2) is 0 Å². The lowest BCUT2D eigenvalue weighted by molar-refractivity contribution is -0.141. The maximum Gasteiger partial charge on any atom is 0.253 e. The first-order valence-electron chi connectivity index (χ1n) is 6.60. The van der Waals surface area contributed by atoms with Gasteiger partial charge >= 0.3 is 0 Å². The van der Waals surface area contributed by atoms with Gasteiger partial charge in [0, 0.05) is 0 Å². The van der Waals surface area contributed by atoms with Crippen LogP contribution in [0.5, 0.6) is 0 Å². The van der Waals surface area contributed by atoms with E-state index < -0.39 is 0 Å². The first-order chi connectivity index (χ1) is 9.20. The van der Waals surface area contributed by atoms with E-state index in [0.29, 0.717) is 11.6 Å². The molecule has 0 atom stereocenters. The molecule has 2 aliphatic rings. The number of piperidine rings is 1. The van der Waals surface area contributed by atoms with Gasteiger partial charge in [-0.25, -0.2) is 0 Å². The molecule has 2 heterocycles. The van der Waals surface area contributed by atoms with Crippen LogP contribution >= 0.6 is 11.6 Å². The number of hydrogen-bond acceptors (Lipinski definition) is 3. The molecule has 1 spiro atoms. The van der Waals surface area contributed by atoms with Crippen molar-refractivity contribution in [3.8, 4) is 0 Å². The molecular formula is C14H17ClN2O2. The van der Waals surface area contributed by atoms with Crippen LogP contribution < -0.4 is 10.2 Å². The Hall–Kier alpha value is -1.10. The molecule has 1 N–H and O–H groups in total. The molecule has 2 aliphatic heterocycles. The van der Waals surface area contributed by atoms with Crippen LogP contribution in [0.2, 0.25) is 5.02 Å². The molecule has 19 heavy (non-hydrogen) atoms. The Bertz CT molecular complexity index is 486. The fraction of sp³-hybridized carbons (Fsp3) is 0.500. The predicted octanol–water partition coefficient (Wildman–Crippen LogP) is 1.83. The van der Waals surface area contributed by atoms with Crippen molar-refractivity contribution in [3.63, 3.8) is 0 Å². The van der Waals surface area contributed by atoms with Crippen LogP contribution in [0.4, 0.5) is 5.69 Å². The van der Waals surface area contributed by atoms with Crippen molar-refractivity contribution < 1.29 is 9.53 Å². The number of halogens is 1. The smallest absolute Gasteiger partial charge is 0.253 e. The number of para-hydroxylation sites is 1. The van der Waals surface area contributed by atoms with Gasteiger partial charge in [-0.3, -0.25) is 4.79 Å². The lowest BCUT2D eigenvalue weighted by Crippen LogP contribution is -2.58. The Morgan fingerprint density at radius 2 is 2.00 bits per heavy atom. The third kappa shape index (κ3) is 2.48. The van der Waals surface area contributed by atoms with E-state index in [-0.39, 0.29) is 18.1 Å². The zero-order valence-electron chi connectivity index (χ0n) is 10.7. The molecule has 0 unspecified atom stereocenters. The molecule has 0 aliphatic carbocycles. The number of carbonyl (C=O) groups is 1. The van der Waals surface area contributed by atoms with E-state index in [1.54, 1.807) is 4.90 Å². The Labute approximate surface area is 117 Å². The first-order valence-corrected chi connectivity index (χ1v) is 6.98. The number of rotatable bonds is 1. The summed E-state index contributed by atoms with van der Waals surface area (Å²) in [7, 11) is 0. The second-order valence-electron chi connectivity index (χ2n) is 5.15. The number of nitrogens with zero attached hydrogens (tertiary/aromatic N) is 1. The summed E-state index contributed by atoms with van der Waals surface area (Å²) in [6, 6.07) is 7.48. The summed E-state index contributed by atoms with van der Waals surface area (Å²) in [6.45, 7) is 2.61. The van der Waals surface area contributed by atoms with Gasteiger partial charge in [0.05, 0.1) is 22.9 Å². The van der Waals surface area contributed by atoms with Crippen molar-refractivity contribution >= 4 is 23.2 Å². The van der Waals surface area contributed by atoms with Crippen molar-refractivity contribution in [2.75, 3.05) is 31.1 Å². The third-order valence-electron chi connectivity index (χ3n) is 3.91. The molecule has 1 amide bonds. The Morgan fingerprint density at radius 1 is 1.26 bits per heavy atom. The van der Waals surface area contributed by atoms with Gasteiger partial charge in [-0.1, -0.05) is 23.7 Å². The van der Waals surface area contributed by atoms with Gasteiger partial charge in [-0.05, 0) is 38.1 Å². The zero-order chi connectivity index (χ0) is 13.3. The molecule has 2 fully saturated rings. The fourth-order valence-corrected chi connectivity index (χ4v) is 3.03. The van der Waals surface area contributed by atoms with Gasteiger partial charge in [0.1, 0.15) is 6.61 Å². The highest BCUT2D eigenvalue weighted by molar-refractivity contribution is 6.33. The standard InChI is InChI=1S/C14H17ClN2O2/c15-11-3-1-2-4-12(11)17-10-14(19-9-13(17)18)5-7-16-8-6-14/h1-4,16H,5-10H2. The van der Waals surface area contributed by atoms with Crippen molar-refractivity contribution in [2.45, 2.75) is 18.4 Å². The summed E-state index contributed by atoms with van der Waals surface area (Å²) < 4.78 is 5.84. The second kappa shape index (κ2) is 5.12. The number of nitrogens with one attached hydrogen (secondary N) is 1. The molecule has 1 aromatic rings. The van der Waals surface area contributed by atoms with E-state index in [4.69, 9.17) is 16.3 Å². The summed E-state index contributed by atoms with van der Waals surface area (Å²) in [4.78, 5) is 13.9. The number of ether oxygens (including phenoxy) is 1. The summed E-state index contributed by atoms with van der Waals surface area (Å²) in [6.07, 6.45) is 1.86. The minimum Gasteiger partial charge on any atom is -0.363 e. The Kier molecular flexibility index (Phi) is 3.48. The molecule has 3 rings (SSSR count). The number of morpholine rings is 1. The van der Waals surface area contributed by atoms with Crippen LogP contribution in [0.3, 0.4) is 0 Å². The lowest BCUT2D eigenvalue weighted by Gasteiger charge is -2.44. The van der Waals surface area contributed by atoms with Crippen molar-refractivity contribution in [3.05, 3.63) is 29.3 Å². The predicted molar refractivity (Wildman–Crippen MR) is 74.6 cm³/mol. The molecule has 0 saturated carbocycles. The molecule has 0 aromatic heterocycles. The minimum absolute atomic E-state index is 0.0164. The molecular weight excluding hydrogens is 264 g/mol. The highest BCUT2D eigenvalue weighted by Gasteiger charge is 2.41. The van der Waals surface area contributed by atoms with Gasteiger partial charge in [-0.2, -0.15) is 0 Å². The average molecular weight is 281 g/mol. The second-order valence-corrected chi connectivity index (χ2v) is 5.56. The summed E-state index contributed by atoms with van der Waals surface area (Å²) >= 11 is 6.20. The molecule has 0 radical (unpaired) electrons. The zero-order valence-corrected chi connectivity index (χ0v) is 11.4. The third-order valence-corrected chi connectivity index (χ3v) is 4.23. The van der Waals surface area contributed by atoms with E-state index in [1.807, 2.05) is 24.3 Å². The van der Waals surface area contributed by atoms with Crippen molar-refractivity contribution in [2.24, 2.45) is 0 Å². The van der Waals surface area contributed by atoms with Gasteiger partial charge in [0.2, 0.25) is 0 Å². The number of anilines is 1.